The summed E-state index contributed by atoms with van der Waals surface area (Å²) in [4.78, 5) is 0. The molecule has 0 aliphatic carbocycles. The van der Waals surface area contributed by atoms with Crippen molar-refractivity contribution in [3.63, 3.8) is 0 Å². The maximum atomic E-state index is 10.9. The summed E-state index contributed by atoms with van der Waals surface area (Å²) >= 11 is 0. The van der Waals surface area contributed by atoms with Gasteiger partial charge in [-0.1, -0.05) is 68.2 Å². The molecule has 0 aliphatic rings. The van der Waals surface area contributed by atoms with E-state index in [0.717, 1.165) is 24.9 Å². The maximum Gasteiger partial charge on any atom is 0.311 e. The molecule has 0 aromatic rings. The molecule has 0 heterocycles. The van der Waals surface area contributed by atoms with E-state index < -0.39 is 63.3 Å². The minimum absolute atomic E-state index is 0.106. The first-order valence-electron chi connectivity index (χ1n) is 28.2. The lowest BCUT2D eigenvalue weighted by Gasteiger charge is -2.40. The van der Waals surface area contributed by atoms with Gasteiger partial charge in [0, 0.05) is 39.1 Å². The zero-order valence-corrected chi connectivity index (χ0v) is 52.6. The lowest BCUT2D eigenvalue weighted by Crippen LogP contribution is -2.52. The lowest BCUT2D eigenvalue weighted by atomic mass is 9.85. The molecule has 446 valence electrons. The number of hydrogen-bond acceptors (Lipinski definition) is 17. The summed E-state index contributed by atoms with van der Waals surface area (Å²) in [6, 6.07) is 2.03. The van der Waals surface area contributed by atoms with Gasteiger partial charge in [0.1, 0.15) is 5.60 Å². The fourth-order valence-electron chi connectivity index (χ4n) is 8.83. The lowest BCUT2D eigenvalue weighted by molar-refractivity contribution is -0.169. The Hall–Kier alpha value is -0.0294. The predicted molar refractivity (Wildman–Crippen MR) is 301 cm³/mol. The molecule has 0 aliphatic heterocycles. The molecule has 0 rings (SSSR count). The van der Waals surface area contributed by atoms with Crippen molar-refractivity contribution in [1.82, 2.24) is 0 Å². The zero-order valence-electron chi connectivity index (χ0n) is 49.6. The molecule has 0 bridgehead atoms. The molecule has 4 unspecified atom stereocenters. The Morgan fingerprint density at radius 2 is 0.595 bits per heavy atom. The number of ether oxygens (including phenoxy) is 7. The van der Waals surface area contributed by atoms with E-state index in [4.69, 9.17) is 41.4 Å². The van der Waals surface area contributed by atoms with Crippen molar-refractivity contribution in [3.8, 4) is 0 Å². The van der Waals surface area contributed by atoms with Gasteiger partial charge in [-0.05, 0) is 103 Å². The highest BCUT2D eigenvalue weighted by molar-refractivity contribution is 6.87. The molecule has 4 atom stereocenters. The Morgan fingerprint density at radius 3 is 0.878 bits per heavy atom. The van der Waals surface area contributed by atoms with Crippen LogP contribution < -0.4 is 0 Å². The summed E-state index contributed by atoms with van der Waals surface area (Å²) in [6.45, 7) is 30.0. The van der Waals surface area contributed by atoms with Gasteiger partial charge in [0.15, 0.2) is 16.6 Å². The average Bonchev–Trinajstić information content (AvgIpc) is 3.39. The molecule has 0 aromatic heterocycles. The third-order valence-corrected chi connectivity index (χ3v) is 27.6. The molecular formula is C54H116O17Si3. The molecule has 74 heavy (non-hydrogen) atoms. The first-order valence-corrected chi connectivity index (χ1v) is 37.3. The second-order valence-corrected chi connectivity index (χ2v) is 36.5. The summed E-state index contributed by atoms with van der Waals surface area (Å²) < 4.78 is 58.6. The van der Waals surface area contributed by atoms with Crippen molar-refractivity contribution < 1.29 is 82.2 Å². The van der Waals surface area contributed by atoms with Crippen LogP contribution in [0, 0.1) is 32.5 Å². The monoisotopic (exact) mass is 1120 g/mol. The number of aliphatic hydroxyl groups is 8. The maximum absolute atomic E-state index is 10.9. The summed E-state index contributed by atoms with van der Waals surface area (Å²) in [6.07, 6.45) is 6.85. The number of aliphatic hydroxyl groups excluding tert-OH is 8. The average molecular weight is 1120 g/mol. The molecule has 20 heteroatoms. The molecule has 0 spiro atoms. The molecule has 8 N–H and O–H groups in total. The third kappa shape index (κ3) is 25.6. The standard InChI is InChI=1S/C54H116O17Si3/c1-15-23-26-72(9,10)70-74(13,14)71-73(11,12)27-24-25-63-42-52(20-6,44-68-46-53(21-7,47-69-54(22-8,34-61)35-62)45-65-37-49(17-3,30-57)31-58)43-67-41-51(19-5,33-60)40-66-39-50(18-4,32-59)38-64-36-48(16-2,28-55)29-56/h55-62H,15-47H2,1-14H3. The van der Waals surface area contributed by atoms with Crippen molar-refractivity contribution in [2.75, 3.05) is 139 Å². The second kappa shape index (κ2) is 36.4. The minimum atomic E-state index is -2.36. The highest BCUT2D eigenvalue weighted by Gasteiger charge is 2.42. The summed E-state index contributed by atoms with van der Waals surface area (Å²) in [7, 11) is -6.31. The molecule has 0 radical (unpaired) electrons. The van der Waals surface area contributed by atoms with Crippen LogP contribution in [0.1, 0.15) is 120 Å². The van der Waals surface area contributed by atoms with Gasteiger partial charge in [0.05, 0.1) is 132 Å². The highest BCUT2D eigenvalue weighted by Crippen LogP contribution is 2.34. The van der Waals surface area contributed by atoms with E-state index in [1.807, 2.05) is 41.5 Å². The van der Waals surface area contributed by atoms with Gasteiger partial charge in [-0.3, -0.25) is 0 Å². The van der Waals surface area contributed by atoms with E-state index in [2.05, 4.69) is 53.1 Å². The number of unbranched alkanes of at least 4 members (excludes halogenated alkanes) is 1. The summed E-state index contributed by atoms with van der Waals surface area (Å²) in [5, 5.41) is 82.3. The van der Waals surface area contributed by atoms with Crippen LogP contribution in [0.5, 0.6) is 0 Å². The highest BCUT2D eigenvalue weighted by atomic mass is 28.5. The molecule has 0 aromatic carbocycles. The third-order valence-electron chi connectivity index (χ3n) is 16.2. The minimum Gasteiger partial charge on any atom is -0.437 e. The van der Waals surface area contributed by atoms with Gasteiger partial charge >= 0.3 is 8.56 Å². The van der Waals surface area contributed by atoms with Crippen LogP contribution in [0.25, 0.3) is 0 Å². The summed E-state index contributed by atoms with van der Waals surface area (Å²) in [5.74, 6) is 0. The normalized spacial score (nSPS) is 16.8. The topological polar surface area (TPSA) is 245 Å². The number of rotatable bonds is 51. The van der Waals surface area contributed by atoms with Crippen LogP contribution in [-0.4, -0.2) is 210 Å². The van der Waals surface area contributed by atoms with Gasteiger partial charge in [0.25, 0.3) is 0 Å². The molecular weight excluding hydrogens is 1000 g/mol. The Bertz CT molecular complexity index is 1370. The fourth-order valence-corrected chi connectivity index (χ4v) is 23.0. The van der Waals surface area contributed by atoms with Crippen molar-refractivity contribution >= 4 is 25.2 Å². The Balaban J connectivity index is 6.59. The SMILES string of the molecule is CCCC[Si](C)(C)O[Si](C)(C)O[Si](C)(C)CCCOCC(CC)(COCC(CC)(CO)COCC(CC)(CO)COCC(CC)(CO)CO)COCC(CC)(COCC(CC)(CO)CO)COC(CC)(CO)CO. The molecule has 0 amide bonds. The summed E-state index contributed by atoms with van der Waals surface area (Å²) in [5.41, 5.74) is -5.61. The fraction of sp³-hybridized carbons (Fsp3) is 1.00. The molecule has 0 fully saturated rings. The van der Waals surface area contributed by atoms with Gasteiger partial charge in [-0.2, -0.15) is 0 Å². The van der Waals surface area contributed by atoms with Crippen LogP contribution in [0.3, 0.4) is 0 Å². The Morgan fingerprint density at radius 1 is 0.311 bits per heavy atom. The molecule has 17 nitrogen and oxygen atoms in total. The second-order valence-electron chi connectivity index (χ2n) is 24.1. The van der Waals surface area contributed by atoms with E-state index in [1.165, 1.54) is 6.42 Å². The van der Waals surface area contributed by atoms with Crippen LogP contribution in [0.4, 0.5) is 0 Å². The van der Waals surface area contributed by atoms with Crippen molar-refractivity contribution in [3.05, 3.63) is 0 Å². The van der Waals surface area contributed by atoms with Crippen molar-refractivity contribution in [1.29, 1.82) is 0 Å². The van der Waals surface area contributed by atoms with Gasteiger partial charge in [-0.25, -0.2) is 0 Å². The first kappa shape index (κ1) is 74.0. The van der Waals surface area contributed by atoms with Gasteiger partial charge in [-0.15, -0.1) is 0 Å². The molecule has 0 saturated carbocycles. The van der Waals surface area contributed by atoms with E-state index in [-0.39, 0.29) is 126 Å². The first-order chi connectivity index (χ1) is 34.8. The predicted octanol–water partition coefficient (Wildman–Crippen LogP) is 6.90. The largest absolute Gasteiger partial charge is 0.437 e. The Labute approximate surface area is 453 Å². The van der Waals surface area contributed by atoms with E-state index in [1.54, 1.807) is 0 Å². The van der Waals surface area contributed by atoms with Crippen molar-refractivity contribution in [2.45, 2.75) is 177 Å². The van der Waals surface area contributed by atoms with E-state index in [9.17, 15) is 40.9 Å². The Kier molecular flexibility index (Phi) is 36.3. The van der Waals surface area contributed by atoms with Crippen LogP contribution in [0.2, 0.25) is 51.4 Å². The van der Waals surface area contributed by atoms with Crippen LogP contribution in [-0.2, 0) is 41.4 Å². The van der Waals surface area contributed by atoms with Gasteiger partial charge < -0.3 is 82.2 Å². The molecule has 0 saturated heterocycles. The van der Waals surface area contributed by atoms with Gasteiger partial charge in [0.2, 0.25) is 0 Å². The smallest absolute Gasteiger partial charge is 0.311 e. The van der Waals surface area contributed by atoms with E-state index >= 15 is 0 Å². The van der Waals surface area contributed by atoms with Crippen molar-refractivity contribution in [2.24, 2.45) is 32.5 Å². The van der Waals surface area contributed by atoms with Crippen LogP contribution >= 0.6 is 0 Å². The van der Waals surface area contributed by atoms with Crippen LogP contribution in [0.15, 0.2) is 0 Å². The van der Waals surface area contributed by atoms with E-state index in [0.29, 0.717) is 58.2 Å². The zero-order chi connectivity index (χ0) is 56.7. The quantitative estimate of drug-likeness (QED) is 0.0228. The number of hydrogen-bond donors (Lipinski definition) is 8.